The summed E-state index contributed by atoms with van der Waals surface area (Å²) < 4.78 is 0. The van der Waals surface area contributed by atoms with Crippen LogP contribution in [0.25, 0.3) is 0 Å². The molecule has 1 aromatic carbocycles. The van der Waals surface area contributed by atoms with Crippen LogP contribution in [0.1, 0.15) is 30.9 Å². The summed E-state index contributed by atoms with van der Waals surface area (Å²) in [6, 6.07) is 7.62. The van der Waals surface area contributed by atoms with Gasteiger partial charge in [0, 0.05) is 6.04 Å². The van der Waals surface area contributed by atoms with Crippen LogP contribution in [-0.4, -0.2) is 23.0 Å². The van der Waals surface area contributed by atoms with E-state index in [1.165, 1.54) is 0 Å². The zero-order valence-electron chi connectivity index (χ0n) is 11.7. The first kappa shape index (κ1) is 14.1. The predicted molar refractivity (Wildman–Crippen MR) is 77.3 cm³/mol. The molecule has 2 fully saturated rings. The summed E-state index contributed by atoms with van der Waals surface area (Å²) in [4.78, 5) is 23.9. The van der Waals surface area contributed by atoms with Crippen molar-refractivity contribution in [1.82, 2.24) is 5.32 Å². The Balaban J connectivity index is 1.75. The summed E-state index contributed by atoms with van der Waals surface area (Å²) >= 11 is 0. The highest BCUT2D eigenvalue weighted by Gasteiger charge is 2.49. The number of nitrogens with one attached hydrogen (secondary N) is 1. The smallest absolute Gasteiger partial charge is 0.330 e. The van der Waals surface area contributed by atoms with Gasteiger partial charge in [0.25, 0.3) is 0 Å². The first-order valence-electron chi connectivity index (χ1n) is 7.41. The minimum atomic E-state index is -1.05. The highest BCUT2D eigenvalue weighted by atomic mass is 16.4. The molecule has 5 unspecified atom stereocenters. The summed E-state index contributed by atoms with van der Waals surface area (Å²) in [5.41, 5.74) is 6.73. The fraction of sp³-hybridized carbons (Fsp3) is 0.500. The third-order valence-corrected chi connectivity index (χ3v) is 4.95. The Kier molecular flexibility index (Phi) is 3.68. The lowest BCUT2D eigenvalue weighted by Crippen LogP contribution is -2.47. The minimum Gasteiger partial charge on any atom is -0.479 e. The Morgan fingerprint density at radius 1 is 1.19 bits per heavy atom. The van der Waals surface area contributed by atoms with E-state index in [0.717, 1.165) is 19.3 Å². The monoisotopic (exact) mass is 288 g/mol. The van der Waals surface area contributed by atoms with Gasteiger partial charge in [0.2, 0.25) is 5.91 Å². The number of amides is 1. The number of carbonyl (C=O) groups is 2. The molecule has 0 saturated heterocycles. The van der Waals surface area contributed by atoms with Gasteiger partial charge in [-0.15, -0.1) is 0 Å². The van der Waals surface area contributed by atoms with E-state index in [-0.39, 0.29) is 17.9 Å². The lowest BCUT2D eigenvalue weighted by molar-refractivity contribution is -0.143. The average molecular weight is 288 g/mol. The molecule has 0 spiro atoms. The van der Waals surface area contributed by atoms with Gasteiger partial charge in [-0.25, -0.2) is 4.79 Å². The molecule has 1 amide bonds. The number of nitrogens with two attached hydrogens (primary N) is 1. The average Bonchev–Trinajstić information content (AvgIpc) is 3.06. The summed E-state index contributed by atoms with van der Waals surface area (Å²) in [5, 5.41) is 12.0. The van der Waals surface area contributed by atoms with Crippen molar-refractivity contribution < 1.29 is 14.7 Å². The van der Waals surface area contributed by atoms with Crippen molar-refractivity contribution in [3.63, 3.8) is 0 Å². The lowest BCUT2D eigenvalue weighted by atomic mass is 9.84. The van der Waals surface area contributed by atoms with Crippen LogP contribution in [0, 0.1) is 17.8 Å². The molecular weight excluding hydrogens is 268 g/mol. The number of fused-ring (bicyclic) bond motifs is 2. The molecule has 4 N–H and O–H groups in total. The first-order chi connectivity index (χ1) is 10.1. The highest BCUT2D eigenvalue weighted by molar-refractivity contribution is 5.86. The van der Waals surface area contributed by atoms with Gasteiger partial charge in [-0.2, -0.15) is 0 Å². The number of carbonyl (C=O) groups excluding carboxylic acids is 1. The maximum atomic E-state index is 12.5. The van der Waals surface area contributed by atoms with E-state index < -0.39 is 12.0 Å². The molecule has 21 heavy (non-hydrogen) atoms. The topological polar surface area (TPSA) is 92.4 Å². The second-order valence-electron chi connectivity index (χ2n) is 6.13. The van der Waals surface area contributed by atoms with Gasteiger partial charge >= 0.3 is 5.97 Å². The number of hydrogen-bond donors (Lipinski definition) is 3. The van der Waals surface area contributed by atoms with Gasteiger partial charge < -0.3 is 16.2 Å². The van der Waals surface area contributed by atoms with Gasteiger partial charge in [-0.3, -0.25) is 4.79 Å². The van der Waals surface area contributed by atoms with Crippen LogP contribution in [0.3, 0.4) is 0 Å². The number of carboxylic acid groups (broad SMARTS) is 1. The summed E-state index contributed by atoms with van der Waals surface area (Å²) in [5.74, 6) is -0.771. The molecular formula is C16H20N2O3. The van der Waals surface area contributed by atoms with E-state index >= 15 is 0 Å². The number of carboxylic acids is 1. The van der Waals surface area contributed by atoms with Gasteiger partial charge in [0.15, 0.2) is 6.04 Å². The van der Waals surface area contributed by atoms with Crippen molar-refractivity contribution in [2.75, 3.05) is 0 Å². The molecule has 1 aromatic rings. The van der Waals surface area contributed by atoms with Crippen molar-refractivity contribution >= 4 is 11.9 Å². The zero-order valence-corrected chi connectivity index (χ0v) is 11.7. The van der Waals surface area contributed by atoms with Crippen molar-refractivity contribution in [2.24, 2.45) is 23.5 Å². The standard InChI is InChI=1S/C16H20N2O3/c17-13-11-7-6-10(8-11)12(13)15(19)18-14(16(20)21)9-4-2-1-3-5-9/h1-5,10-14H,6-8,17H2,(H,18,19)(H,20,21). The molecule has 2 aliphatic rings. The van der Waals surface area contributed by atoms with Gasteiger partial charge in [-0.1, -0.05) is 30.3 Å². The Bertz CT molecular complexity index is 544. The van der Waals surface area contributed by atoms with Gasteiger partial charge in [-0.05, 0) is 36.7 Å². The van der Waals surface area contributed by atoms with Crippen LogP contribution in [-0.2, 0) is 9.59 Å². The number of aliphatic carboxylic acids is 1. The number of benzene rings is 1. The van der Waals surface area contributed by atoms with E-state index in [0.29, 0.717) is 17.4 Å². The normalized spacial score (nSPS) is 31.9. The molecule has 0 heterocycles. The Morgan fingerprint density at radius 3 is 2.43 bits per heavy atom. The maximum Gasteiger partial charge on any atom is 0.330 e. The van der Waals surface area contributed by atoms with Crippen molar-refractivity contribution in [3.05, 3.63) is 35.9 Å². The highest BCUT2D eigenvalue weighted by Crippen LogP contribution is 2.47. The largest absolute Gasteiger partial charge is 0.479 e. The molecule has 2 aliphatic carbocycles. The molecule has 5 atom stereocenters. The quantitative estimate of drug-likeness (QED) is 0.778. The fourth-order valence-electron chi connectivity index (χ4n) is 3.90. The second-order valence-corrected chi connectivity index (χ2v) is 6.13. The Labute approximate surface area is 123 Å². The van der Waals surface area contributed by atoms with Crippen LogP contribution in [0.4, 0.5) is 0 Å². The van der Waals surface area contributed by atoms with Crippen LogP contribution < -0.4 is 11.1 Å². The zero-order chi connectivity index (χ0) is 15.0. The van der Waals surface area contributed by atoms with Crippen LogP contribution in [0.2, 0.25) is 0 Å². The molecule has 5 nitrogen and oxygen atoms in total. The van der Waals surface area contributed by atoms with Gasteiger partial charge in [0.1, 0.15) is 0 Å². The molecule has 5 heteroatoms. The van der Waals surface area contributed by atoms with Crippen molar-refractivity contribution in [3.8, 4) is 0 Å². The van der Waals surface area contributed by atoms with Gasteiger partial charge in [0.05, 0.1) is 5.92 Å². The van der Waals surface area contributed by atoms with E-state index in [1.807, 2.05) is 6.07 Å². The predicted octanol–water partition coefficient (Wildman–Crippen LogP) is 1.30. The molecule has 3 rings (SSSR count). The first-order valence-corrected chi connectivity index (χ1v) is 7.41. The fourth-order valence-corrected chi connectivity index (χ4v) is 3.90. The summed E-state index contributed by atoms with van der Waals surface area (Å²) in [6.07, 6.45) is 3.12. The van der Waals surface area contributed by atoms with E-state index in [1.54, 1.807) is 24.3 Å². The minimum absolute atomic E-state index is 0.131. The molecule has 0 radical (unpaired) electrons. The maximum absolute atomic E-state index is 12.5. The van der Waals surface area contributed by atoms with Crippen molar-refractivity contribution in [2.45, 2.75) is 31.3 Å². The van der Waals surface area contributed by atoms with E-state index in [4.69, 9.17) is 5.73 Å². The van der Waals surface area contributed by atoms with Crippen LogP contribution in [0.5, 0.6) is 0 Å². The second kappa shape index (κ2) is 5.48. The summed E-state index contributed by atoms with van der Waals surface area (Å²) in [6.45, 7) is 0. The number of rotatable bonds is 4. The SMILES string of the molecule is NC1C2CCC(C2)C1C(=O)NC(C(=O)O)c1ccccc1. The lowest BCUT2D eigenvalue weighted by Gasteiger charge is -2.28. The third kappa shape index (κ3) is 2.53. The van der Waals surface area contributed by atoms with E-state index in [9.17, 15) is 14.7 Å². The Morgan fingerprint density at radius 2 is 1.86 bits per heavy atom. The molecule has 2 bridgehead atoms. The Hall–Kier alpha value is -1.88. The number of hydrogen-bond acceptors (Lipinski definition) is 3. The molecule has 0 aliphatic heterocycles. The van der Waals surface area contributed by atoms with E-state index in [2.05, 4.69) is 5.32 Å². The van der Waals surface area contributed by atoms with Crippen LogP contribution in [0.15, 0.2) is 30.3 Å². The summed E-state index contributed by atoms with van der Waals surface area (Å²) in [7, 11) is 0. The van der Waals surface area contributed by atoms with Crippen molar-refractivity contribution in [1.29, 1.82) is 0 Å². The van der Waals surface area contributed by atoms with Crippen LogP contribution >= 0.6 is 0 Å². The molecule has 0 aromatic heterocycles. The molecule has 2 saturated carbocycles. The molecule has 112 valence electrons. The third-order valence-electron chi connectivity index (χ3n) is 4.95.